The number of pyridine rings is 1. The number of urea groups is 1. The minimum atomic E-state index is -0.254. The van der Waals surface area contributed by atoms with Crippen LogP contribution in [0.4, 0.5) is 10.5 Å². The van der Waals surface area contributed by atoms with Crippen LogP contribution in [-0.4, -0.2) is 18.1 Å². The van der Waals surface area contributed by atoms with Gasteiger partial charge in [0.05, 0.1) is 18.2 Å². The van der Waals surface area contributed by atoms with Crippen molar-refractivity contribution in [3.8, 4) is 5.75 Å². The van der Waals surface area contributed by atoms with E-state index in [-0.39, 0.29) is 12.1 Å². The fourth-order valence-electron chi connectivity index (χ4n) is 2.96. The number of ether oxygens (including phenoxy) is 1. The van der Waals surface area contributed by atoms with Crippen LogP contribution in [0.25, 0.3) is 0 Å². The van der Waals surface area contributed by atoms with Crippen molar-refractivity contribution in [2.75, 3.05) is 12.4 Å². The number of nitrogens with one attached hydrogen (secondary N) is 2. The molecule has 0 aliphatic rings. The number of carbonyl (C=O) groups is 1. The van der Waals surface area contributed by atoms with Crippen LogP contribution in [0, 0.1) is 6.92 Å². The monoisotopic (exact) mass is 407 g/mol. The van der Waals surface area contributed by atoms with Crippen molar-refractivity contribution >= 4 is 23.5 Å². The quantitative estimate of drug-likeness (QED) is 0.502. The summed E-state index contributed by atoms with van der Waals surface area (Å²) in [6.07, 6.45) is 1.79. The van der Waals surface area contributed by atoms with E-state index in [1.807, 2.05) is 74.5 Å². The molecule has 0 saturated heterocycles. The van der Waals surface area contributed by atoms with Crippen LogP contribution < -0.4 is 15.4 Å². The number of amides is 2. The second-order valence-electron chi connectivity index (χ2n) is 6.72. The number of benzene rings is 2. The Kier molecular flexibility index (Phi) is 7.14. The molecule has 0 spiro atoms. The number of methoxy groups -OCH3 is 1. The lowest BCUT2D eigenvalue weighted by molar-refractivity contribution is 0.249. The number of hydrogen-bond donors (Lipinski definition) is 2. The lowest BCUT2D eigenvalue weighted by Gasteiger charge is -2.18. The van der Waals surface area contributed by atoms with Gasteiger partial charge in [-0.2, -0.15) is 0 Å². The SMILES string of the molecule is COc1ccc(C)cc1C(C)NC(=O)Nc1cccc(CSc2ccccn2)c1. The van der Waals surface area contributed by atoms with Gasteiger partial charge in [0, 0.05) is 23.2 Å². The third kappa shape index (κ3) is 5.99. The summed E-state index contributed by atoms with van der Waals surface area (Å²) in [5, 5.41) is 6.87. The molecule has 2 aromatic carbocycles. The number of thioether (sulfide) groups is 1. The third-order valence-electron chi connectivity index (χ3n) is 4.41. The summed E-state index contributed by atoms with van der Waals surface area (Å²) in [7, 11) is 1.63. The van der Waals surface area contributed by atoms with E-state index >= 15 is 0 Å². The summed E-state index contributed by atoms with van der Waals surface area (Å²) >= 11 is 1.66. The van der Waals surface area contributed by atoms with Crippen molar-refractivity contribution in [3.05, 3.63) is 83.6 Å². The van der Waals surface area contributed by atoms with Crippen molar-refractivity contribution in [1.82, 2.24) is 10.3 Å². The molecule has 6 heteroatoms. The van der Waals surface area contributed by atoms with Gasteiger partial charge in [-0.3, -0.25) is 0 Å². The summed E-state index contributed by atoms with van der Waals surface area (Å²) < 4.78 is 5.42. The zero-order valence-corrected chi connectivity index (χ0v) is 17.6. The van der Waals surface area contributed by atoms with Gasteiger partial charge in [0.2, 0.25) is 0 Å². The lowest BCUT2D eigenvalue weighted by atomic mass is 10.0. The molecule has 0 fully saturated rings. The molecule has 1 heterocycles. The Morgan fingerprint density at radius 1 is 1.14 bits per heavy atom. The van der Waals surface area contributed by atoms with Gasteiger partial charge in [-0.15, -0.1) is 11.8 Å². The van der Waals surface area contributed by atoms with Crippen LogP contribution in [0.5, 0.6) is 5.75 Å². The van der Waals surface area contributed by atoms with Gasteiger partial charge in [0.15, 0.2) is 0 Å². The van der Waals surface area contributed by atoms with Gasteiger partial charge in [0.25, 0.3) is 0 Å². The number of nitrogens with zero attached hydrogens (tertiary/aromatic N) is 1. The molecule has 0 radical (unpaired) electrons. The molecule has 1 aromatic heterocycles. The minimum absolute atomic E-state index is 0.187. The normalized spacial score (nSPS) is 11.6. The first kappa shape index (κ1) is 20.7. The van der Waals surface area contributed by atoms with Crippen molar-refractivity contribution in [2.24, 2.45) is 0 Å². The van der Waals surface area contributed by atoms with Gasteiger partial charge < -0.3 is 15.4 Å². The molecule has 0 aliphatic heterocycles. The molecule has 0 saturated carbocycles. The third-order valence-corrected chi connectivity index (χ3v) is 5.42. The second-order valence-corrected chi connectivity index (χ2v) is 7.72. The molecule has 2 N–H and O–H groups in total. The molecular weight excluding hydrogens is 382 g/mol. The van der Waals surface area contributed by atoms with Crippen LogP contribution >= 0.6 is 11.8 Å². The van der Waals surface area contributed by atoms with E-state index in [0.717, 1.165) is 38.9 Å². The van der Waals surface area contributed by atoms with E-state index in [1.165, 1.54) is 0 Å². The molecular formula is C23H25N3O2S. The molecule has 29 heavy (non-hydrogen) atoms. The summed E-state index contributed by atoms with van der Waals surface area (Å²) in [6.45, 7) is 3.96. The molecule has 150 valence electrons. The Bertz CT molecular complexity index is 963. The van der Waals surface area contributed by atoms with Crippen LogP contribution in [0.3, 0.4) is 0 Å². The van der Waals surface area contributed by atoms with Gasteiger partial charge in [-0.05, 0) is 49.7 Å². The van der Waals surface area contributed by atoms with E-state index < -0.39 is 0 Å². The van der Waals surface area contributed by atoms with Crippen LogP contribution in [-0.2, 0) is 5.75 Å². The summed E-state index contributed by atoms with van der Waals surface area (Å²) in [5.74, 6) is 1.54. The number of rotatable bonds is 7. The average Bonchev–Trinajstić information content (AvgIpc) is 2.73. The largest absolute Gasteiger partial charge is 0.496 e. The molecule has 5 nitrogen and oxygen atoms in total. The molecule has 3 rings (SSSR count). The van der Waals surface area contributed by atoms with Crippen molar-refractivity contribution in [1.29, 1.82) is 0 Å². The van der Waals surface area contributed by atoms with Crippen molar-refractivity contribution in [2.45, 2.75) is 30.7 Å². The topological polar surface area (TPSA) is 63.2 Å². The molecule has 3 aromatic rings. The highest BCUT2D eigenvalue weighted by molar-refractivity contribution is 7.98. The van der Waals surface area contributed by atoms with E-state index in [0.29, 0.717) is 0 Å². The maximum absolute atomic E-state index is 12.5. The Labute approximate surface area is 175 Å². The standard InChI is InChI=1S/C23H25N3O2S/c1-16-10-11-21(28-3)20(13-16)17(2)25-23(27)26-19-8-6-7-18(14-19)15-29-22-9-4-5-12-24-22/h4-14,17H,15H2,1-3H3,(H2,25,26,27). The molecule has 0 bridgehead atoms. The van der Waals surface area contributed by atoms with Crippen LogP contribution in [0.15, 0.2) is 71.9 Å². The average molecular weight is 408 g/mol. The Morgan fingerprint density at radius 3 is 2.76 bits per heavy atom. The number of aryl methyl sites for hydroxylation is 1. The van der Waals surface area contributed by atoms with Gasteiger partial charge >= 0.3 is 6.03 Å². The first-order valence-corrected chi connectivity index (χ1v) is 10.4. The van der Waals surface area contributed by atoms with Gasteiger partial charge in [0.1, 0.15) is 5.75 Å². The molecule has 1 atom stereocenters. The highest BCUT2D eigenvalue weighted by atomic mass is 32.2. The second kappa shape index (κ2) is 9.98. The zero-order chi connectivity index (χ0) is 20.6. The summed E-state index contributed by atoms with van der Waals surface area (Å²) in [5.41, 5.74) is 3.94. The number of hydrogen-bond acceptors (Lipinski definition) is 4. The fraction of sp³-hybridized carbons (Fsp3) is 0.217. The van der Waals surface area contributed by atoms with Crippen molar-refractivity contribution in [3.63, 3.8) is 0 Å². The van der Waals surface area contributed by atoms with Crippen LogP contribution in [0.2, 0.25) is 0 Å². The van der Waals surface area contributed by atoms with E-state index in [9.17, 15) is 4.79 Å². The first-order valence-electron chi connectivity index (χ1n) is 9.40. The maximum atomic E-state index is 12.5. The zero-order valence-electron chi connectivity index (χ0n) is 16.8. The Balaban J connectivity index is 1.60. The highest BCUT2D eigenvalue weighted by Gasteiger charge is 2.14. The smallest absolute Gasteiger partial charge is 0.319 e. The molecule has 2 amide bonds. The first-order chi connectivity index (χ1) is 14.0. The van der Waals surface area contributed by atoms with E-state index in [1.54, 1.807) is 25.1 Å². The number of carbonyl (C=O) groups excluding carboxylic acids is 1. The minimum Gasteiger partial charge on any atom is -0.496 e. The van der Waals surface area contributed by atoms with Crippen molar-refractivity contribution < 1.29 is 9.53 Å². The molecule has 0 aliphatic carbocycles. The molecule has 1 unspecified atom stereocenters. The van der Waals surface area contributed by atoms with E-state index in [2.05, 4.69) is 15.6 Å². The predicted molar refractivity (Wildman–Crippen MR) is 119 cm³/mol. The maximum Gasteiger partial charge on any atom is 0.319 e. The summed E-state index contributed by atoms with van der Waals surface area (Å²) in [4.78, 5) is 16.8. The number of aromatic nitrogens is 1. The Hall–Kier alpha value is -2.99. The number of anilines is 1. The Morgan fingerprint density at radius 2 is 2.00 bits per heavy atom. The highest BCUT2D eigenvalue weighted by Crippen LogP contribution is 2.26. The fourth-order valence-corrected chi connectivity index (χ4v) is 3.77. The van der Waals surface area contributed by atoms with Gasteiger partial charge in [-0.25, -0.2) is 9.78 Å². The lowest BCUT2D eigenvalue weighted by Crippen LogP contribution is -2.31. The predicted octanol–water partition coefficient (Wildman–Crippen LogP) is 5.57. The van der Waals surface area contributed by atoms with E-state index in [4.69, 9.17) is 4.74 Å². The summed E-state index contributed by atoms with van der Waals surface area (Å²) in [6, 6.07) is 19.2. The van der Waals surface area contributed by atoms with Gasteiger partial charge in [-0.1, -0.05) is 35.9 Å². The van der Waals surface area contributed by atoms with Crippen LogP contribution in [0.1, 0.15) is 29.7 Å².